The van der Waals surface area contributed by atoms with Crippen molar-refractivity contribution in [1.29, 1.82) is 0 Å². The molecule has 0 unspecified atom stereocenters. The number of esters is 1. The van der Waals surface area contributed by atoms with Crippen LogP contribution in [0.5, 0.6) is 11.5 Å². The van der Waals surface area contributed by atoms with E-state index in [0.29, 0.717) is 11.5 Å². The fourth-order valence-corrected chi connectivity index (χ4v) is 2.51. The Balaban J connectivity index is 2.14. The zero-order chi connectivity index (χ0) is 19.8. The molecule has 0 aliphatic heterocycles. The summed E-state index contributed by atoms with van der Waals surface area (Å²) in [6.07, 6.45) is 6.44. The van der Waals surface area contributed by atoms with Crippen molar-refractivity contribution >= 4 is 18.0 Å². The second kappa shape index (κ2) is 9.42. The van der Waals surface area contributed by atoms with Gasteiger partial charge in [0.2, 0.25) is 5.91 Å². The summed E-state index contributed by atoms with van der Waals surface area (Å²) in [5.74, 6) is 0.329. The first kappa shape index (κ1) is 20.0. The molecule has 2 rings (SSSR count). The first-order valence-corrected chi connectivity index (χ1v) is 8.22. The Labute approximate surface area is 157 Å². The largest absolute Gasteiger partial charge is 0.493 e. The quantitative estimate of drug-likeness (QED) is 0.559. The van der Waals surface area contributed by atoms with E-state index in [1.807, 2.05) is 0 Å². The number of nitrogens with zero attached hydrogens (tertiary/aromatic N) is 2. The second-order valence-electron chi connectivity index (χ2n) is 5.72. The van der Waals surface area contributed by atoms with E-state index in [2.05, 4.69) is 9.97 Å². The minimum Gasteiger partial charge on any atom is -0.493 e. The molecule has 8 nitrogen and oxygen atoms in total. The van der Waals surface area contributed by atoms with Crippen LogP contribution in [0, 0.1) is 0 Å². The molecule has 1 heterocycles. The van der Waals surface area contributed by atoms with E-state index in [0.717, 1.165) is 11.3 Å². The fourth-order valence-electron chi connectivity index (χ4n) is 2.51. The Morgan fingerprint density at radius 2 is 1.96 bits per heavy atom. The van der Waals surface area contributed by atoms with Crippen LogP contribution in [0.3, 0.4) is 0 Å². The molecule has 1 aromatic carbocycles. The zero-order valence-corrected chi connectivity index (χ0v) is 15.8. The molecule has 0 fully saturated rings. The molecule has 0 saturated heterocycles. The topological polar surface area (TPSA) is 93.8 Å². The number of methoxy groups -OCH3 is 3. The summed E-state index contributed by atoms with van der Waals surface area (Å²) in [5, 5.41) is 0. The van der Waals surface area contributed by atoms with E-state index in [1.165, 1.54) is 24.4 Å². The maximum atomic E-state index is 12.5. The van der Waals surface area contributed by atoms with Crippen molar-refractivity contribution in [2.24, 2.45) is 0 Å². The molecule has 0 bridgehead atoms. The highest BCUT2D eigenvalue weighted by Gasteiger charge is 2.27. The lowest BCUT2D eigenvalue weighted by atomic mass is 10.1. The molecule has 1 amide bonds. The molecular weight excluding hydrogens is 350 g/mol. The van der Waals surface area contributed by atoms with Crippen LogP contribution in [0.1, 0.15) is 11.3 Å². The number of likely N-dealkylation sites (N-methyl/N-ethyl adjacent to an activating group) is 1. The van der Waals surface area contributed by atoms with Crippen LogP contribution in [0.15, 0.2) is 36.8 Å². The number of amides is 1. The number of carbonyl (C=O) groups is 2. The van der Waals surface area contributed by atoms with Crippen LogP contribution in [0.4, 0.5) is 0 Å². The van der Waals surface area contributed by atoms with Gasteiger partial charge in [0.05, 0.1) is 27.7 Å². The fraction of sp³-hybridized carbons (Fsp3) is 0.316. The van der Waals surface area contributed by atoms with E-state index in [4.69, 9.17) is 14.2 Å². The standard InChI is InChI=1S/C19H23N3O5/c1-22(15(19(24)27-4)10-14-11-20-12-21-14)18(23)8-6-13-5-7-16(25-2)17(9-13)26-3/h5-9,11-12,15H,10H2,1-4H3,(H,20,21)/t15-/m0/s1. The second-order valence-corrected chi connectivity index (χ2v) is 5.72. The Hall–Kier alpha value is -3.29. The van der Waals surface area contributed by atoms with E-state index in [9.17, 15) is 9.59 Å². The van der Waals surface area contributed by atoms with Gasteiger partial charge in [-0.15, -0.1) is 0 Å². The Kier molecular flexibility index (Phi) is 6.99. The van der Waals surface area contributed by atoms with E-state index in [-0.39, 0.29) is 12.3 Å². The van der Waals surface area contributed by atoms with Crippen molar-refractivity contribution in [3.63, 3.8) is 0 Å². The third-order valence-corrected chi connectivity index (χ3v) is 4.08. The molecule has 27 heavy (non-hydrogen) atoms. The number of hydrogen-bond donors (Lipinski definition) is 1. The number of hydrogen-bond acceptors (Lipinski definition) is 6. The van der Waals surface area contributed by atoms with Crippen LogP contribution in [0.2, 0.25) is 0 Å². The summed E-state index contributed by atoms with van der Waals surface area (Å²) in [7, 11) is 5.94. The Bertz CT molecular complexity index is 802. The van der Waals surface area contributed by atoms with Gasteiger partial charge >= 0.3 is 5.97 Å². The van der Waals surface area contributed by atoms with Crippen molar-refractivity contribution in [1.82, 2.24) is 14.9 Å². The lowest BCUT2D eigenvalue weighted by Gasteiger charge is -2.24. The number of carbonyl (C=O) groups excluding carboxylic acids is 2. The SMILES string of the molecule is COC(=O)[C@H](Cc1cnc[nH]1)N(C)C(=O)C=Cc1ccc(OC)c(OC)c1. The minimum absolute atomic E-state index is 0.277. The monoisotopic (exact) mass is 373 g/mol. The van der Waals surface area contributed by atoms with E-state index >= 15 is 0 Å². The maximum absolute atomic E-state index is 12.5. The molecule has 0 spiro atoms. The van der Waals surface area contributed by atoms with Crippen molar-refractivity contribution in [3.8, 4) is 11.5 Å². The van der Waals surface area contributed by atoms with Gasteiger partial charge in [0.1, 0.15) is 6.04 Å². The van der Waals surface area contributed by atoms with Crippen LogP contribution in [-0.2, 0) is 20.7 Å². The average Bonchev–Trinajstić information content (AvgIpc) is 3.22. The minimum atomic E-state index is -0.766. The van der Waals surface area contributed by atoms with Gasteiger partial charge in [0.15, 0.2) is 11.5 Å². The summed E-state index contributed by atoms with van der Waals surface area (Å²) in [6, 6.07) is 4.54. The number of aromatic amines is 1. The predicted molar refractivity (Wildman–Crippen MR) is 99.4 cm³/mol. The molecule has 0 aliphatic carbocycles. The van der Waals surface area contributed by atoms with Crippen molar-refractivity contribution < 1.29 is 23.8 Å². The average molecular weight is 373 g/mol. The van der Waals surface area contributed by atoms with Crippen LogP contribution in [0.25, 0.3) is 6.08 Å². The molecule has 0 aliphatic rings. The van der Waals surface area contributed by atoms with Gasteiger partial charge in [-0.1, -0.05) is 6.07 Å². The van der Waals surface area contributed by atoms with Gasteiger partial charge < -0.3 is 24.1 Å². The molecular formula is C19H23N3O5. The first-order valence-electron chi connectivity index (χ1n) is 8.22. The van der Waals surface area contributed by atoms with Gasteiger partial charge in [0.25, 0.3) is 0 Å². The Morgan fingerprint density at radius 3 is 2.56 bits per heavy atom. The number of imidazole rings is 1. The molecule has 1 atom stereocenters. The zero-order valence-electron chi connectivity index (χ0n) is 15.8. The van der Waals surface area contributed by atoms with Crippen LogP contribution in [-0.4, -0.2) is 61.2 Å². The van der Waals surface area contributed by atoms with Gasteiger partial charge in [0, 0.05) is 31.4 Å². The van der Waals surface area contributed by atoms with Crippen LogP contribution < -0.4 is 9.47 Å². The van der Waals surface area contributed by atoms with Gasteiger partial charge in [-0.25, -0.2) is 9.78 Å². The van der Waals surface area contributed by atoms with Crippen molar-refractivity contribution in [2.45, 2.75) is 12.5 Å². The number of benzene rings is 1. The molecule has 0 radical (unpaired) electrons. The first-order chi connectivity index (χ1) is 13.0. The summed E-state index contributed by atoms with van der Waals surface area (Å²) in [5.41, 5.74) is 1.49. The molecule has 1 aromatic heterocycles. The van der Waals surface area contributed by atoms with E-state index < -0.39 is 12.0 Å². The number of nitrogens with one attached hydrogen (secondary N) is 1. The summed E-state index contributed by atoms with van der Waals surface area (Å²) in [6.45, 7) is 0. The predicted octanol–water partition coefficient (Wildman–Crippen LogP) is 1.68. The van der Waals surface area contributed by atoms with Crippen molar-refractivity contribution in [3.05, 3.63) is 48.1 Å². The lowest BCUT2D eigenvalue weighted by molar-refractivity contribution is -0.150. The highest BCUT2D eigenvalue weighted by Crippen LogP contribution is 2.28. The van der Waals surface area contributed by atoms with Crippen molar-refractivity contribution in [2.75, 3.05) is 28.4 Å². The highest BCUT2D eigenvalue weighted by atomic mass is 16.5. The smallest absolute Gasteiger partial charge is 0.328 e. The summed E-state index contributed by atoms with van der Waals surface area (Å²) < 4.78 is 15.3. The maximum Gasteiger partial charge on any atom is 0.328 e. The molecule has 0 saturated carbocycles. The third-order valence-electron chi connectivity index (χ3n) is 4.08. The van der Waals surface area contributed by atoms with Crippen LogP contribution >= 0.6 is 0 Å². The number of aromatic nitrogens is 2. The van der Waals surface area contributed by atoms with Gasteiger partial charge in [-0.05, 0) is 23.8 Å². The summed E-state index contributed by atoms with van der Waals surface area (Å²) >= 11 is 0. The van der Waals surface area contributed by atoms with Gasteiger partial charge in [-0.2, -0.15) is 0 Å². The highest BCUT2D eigenvalue weighted by molar-refractivity contribution is 5.94. The molecule has 1 N–H and O–H groups in total. The summed E-state index contributed by atoms with van der Waals surface area (Å²) in [4.78, 5) is 32.8. The number of ether oxygens (including phenoxy) is 3. The number of H-pyrrole nitrogens is 1. The third kappa shape index (κ3) is 5.10. The Morgan fingerprint density at radius 1 is 1.22 bits per heavy atom. The molecule has 8 heteroatoms. The molecule has 2 aromatic rings. The number of rotatable bonds is 8. The lowest BCUT2D eigenvalue weighted by Crippen LogP contribution is -2.43. The molecule has 144 valence electrons. The van der Waals surface area contributed by atoms with Gasteiger partial charge in [-0.3, -0.25) is 4.79 Å². The normalized spacial score (nSPS) is 11.9. The van der Waals surface area contributed by atoms with E-state index in [1.54, 1.807) is 51.7 Å².